The molecule has 96 valence electrons. The van der Waals surface area contributed by atoms with Gasteiger partial charge in [0.1, 0.15) is 16.1 Å². The summed E-state index contributed by atoms with van der Waals surface area (Å²) in [4.78, 5) is 4.36. The largest absolute Gasteiger partial charge is 0.490 e. The van der Waals surface area contributed by atoms with E-state index in [1.165, 1.54) is 0 Å². The second-order valence-electron chi connectivity index (χ2n) is 5.26. The Balaban J connectivity index is 2.61. The number of hydrogen-bond acceptors (Lipinski definition) is 3. The van der Waals surface area contributed by atoms with Crippen LogP contribution in [0, 0.1) is 16.5 Å². The van der Waals surface area contributed by atoms with E-state index in [9.17, 15) is 0 Å². The van der Waals surface area contributed by atoms with Crippen molar-refractivity contribution in [3.05, 3.63) is 21.5 Å². The molecule has 0 amide bonds. The molecule has 1 atom stereocenters. The normalized spacial score (nSPS) is 14.8. The molecular weight excluding hydrogens is 327 g/mol. The third kappa shape index (κ3) is 5.21. The van der Waals surface area contributed by atoms with Crippen molar-refractivity contribution in [2.24, 2.45) is 11.7 Å². The van der Waals surface area contributed by atoms with E-state index in [4.69, 9.17) is 10.5 Å². The predicted octanol–water partition coefficient (Wildman–Crippen LogP) is 3.14. The van der Waals surface area contributed by atoms with Crippen molar-refractivity contribution in [1.82, 2.24) is 4.98 Å². The Kier molecular flexibility index (Phi) is 5.19. The van der Waals surface area contributed by atoms with Gasteiger partial charge in [-0.05, 0) is 60.9 Å². The van der Waals surface area contributed by atoms with Gasteiger partial charge in [-0.1, -0.05) is 13.8 Å². The lowest BCUT2D eigenvalue weighted by molar-refractivity contribution is 0.205. The number of aromatic nitrogens is 1. The number of nitrogens with zero attached hydrogens (tertiary/aromatic N) is 1. The lowest BCUT2D eigenvalue weighted by atomic mass is 9.93. The first-order chi connectivity index (χ1) is 7.80. The van der Waals surface area contributed by atoms with Gasteiger partial charge < -0.3 is 10.5 Å². The van der Waals surface area contributed by atoms with Crippen LogP contribution < -0.4 is 10.5 Å². The van der Waals surface area contributed by atoms with E-state index in [1.807, 2.05) is 26.0 Å². The van der Waals surface area contributed by atoms with Gasteiger partial charge in [0.15, 0.2) is 0 Å². The summed E-state index contributed by atoms with van der Waals surface area (Å²) in [6, 6.07) is 3.90. The van der Waals surface area contributed by atoms with Crippen LogP contribution in [0.15, 0.2) is 12.1 Å². The minimum Gasteiger partial charge on any atom is -0.490 e. The van der Waals surface area contributed by atoms with Gasteiger partial charge in [-0.15, -0.1) is 0 Å². The molecule has 0 aliphatic heterocycles. The maximum Gasteiger partial charge on any atom is 0.140 e. The highest BCUT2D eigenvalue weighted by molar-refractivity contribution is 14.1. The summed E-state index contributed by atoms with van der Waals surface area (Å²) in [7, 11) is 0. The van der Waals surface area contributed by atoms with Crippen molar-refractivity contribution in [3.8, 4) is 5.75 Å². The molecule has 1 heterocycles. The molecule has 0 fully saturated rings. The minimum absolute atomic E-state index is 0.288. The van der Waals surface area contributed by atoms with Gasteiger partial charge >= 0.3 is 0 Å². The van der Waals surface area contributed by atoms with Gasteiger partial charge in [-0.25, -0.2) is 4.98 Å². The van der Waals surface area contributed by atoms with Crippen LogP contribution in [0.2, 0.25) is 0 Å². The molecule has 1 rings (SSSR count). The van der Waals surface area contributed by atoms with Gasteiger partial charge in [-0.2, -0.15) is 0 Å². The fraction of sp³-hybridized carbons (Fsp3) is 0.615. The fourth-order valence-corrected chi connectivity index (χ4v) is 2.45. The van der Waals surface area contributed by atoms with E-state index in [1.54, 1.807) is 0 Å². The molecule has 3 nitrogen and oxygen atoms in total. The zero-order chi connectivity index (χ0) is 13.1. The van der Waals surface area contributed by atoms with Crippen LogP contribution in [-0.2, 0) is 0 Å². The first kappa shape index (κ1) is 14.7. The van der Waals surface area contributed by atoms with E-state index in [-0.39, 0.29) is 5.54 Å². The Morgan fingerprint density at radius 2 is 2.12 bits per heavy atom. The van der Waals surface area contributed by atoms with Crippen molar-refractivity contribution in [2.75, 3.05) is 6.61 Å². The number of nitrogens with two attached hydrogens (primary N) is 1. The third-order valence-corrected chi connectivity index (χ3v) is 3.04. The van der Waals surface area contributed by atoms with E-state index in [0.717, 1.165) is 21.6 Å². The predicted molar refractivity (Wildman–Crippen MR) is 79.2 cm³/mol. The molecule has 0 saturated heterocycles. The average Bonchev–Trinajstić information content (AvgIpc) is 2.14. The quantitative estimate of drug-likeness (QED) is 0.657. The van der Waals surface area contributed by atoms with Crippen LogP contribution in [0.4, 0.5) is 0 Å². The molecule has 0 aliphatic carbocycles. The van der Waals surface area contributed by atoms with Gasteiger partial charge in [0.05, 0.1) is 5.69 Å². The molecule has 0 aromatic carbocycles. The van der Waals surface area contributed by atoms with Crippen LogP contribution in [0.3, 0.4) is 0 Å². The second kappa shape index (κ2) is 6.00. The van der Waals surface area contributed by atoms with Crippen LogP contribution >= 0.6 is 22.6 Å². The summed E-state index contributed by atoms with van der Waals surface area (Å²) < 4.78 is 6.74. The molecule has 0 aliphatic rings. The molecule has 17 heavy (non-hydrogen) atoms. The highest BCUT2D eigenvalue weighted by Gasteiger charge is 2.21. The Hall–Kier alpha value is -0.360. The molecule has 1 aromatic heterocycles. The summed E-state index contributed by atoms with van der Waals surface area (Å²) in [5, 5.41) is 0. The first-order valence-electron chi connectivity index (χ1n) is 5.85. The molecule has 4 heteroatoms. The maximum atomic E-state index is 6.20. The molecule has 0 saturated carbocycles. The highest BCUT2D eigenvalue weighted by Crippen LogP contribution is 2.20. The van der Waals surface area contributed by atoms with E-state index in [0.29, 0.717) is 12.5 Å². The summed E-state index contributed by atoms with van der Waals surface area (Å²) in [6.45, 7) is 8.84. The lowest BCUT2D eigenvalue weighted by Crippen LogP contribution is -2.43. The Labute approximate surface area is 117 Å². The maximum absolute atomic E-state index is 6.20. The molecule has 1 aromatic rings. The Morgan fingerprint density at radius 3 is 2.65 bits per heavy atom. The molecule has 2 N–H and O–H groups in total. The van der Waals surface area contributed by atoms with Crippen molar-refractivity contribution in [3.63, 3.8) is 0 Å². The van der Waals surface area contributed by atoms with Crippen LogP contribution in [0.1, 0.15) is 32.9 Å². The number of ether oxygens (including phenoxy) is 1. The Bertz CT molecular complexity index is 378. The summed E-state index contributed by atoms with van der Waals surface area (Å²) >= 11 is 2.19. The van der Waals surface area contributed by atoms with Crippen LogP contribution in [-0.4, -0.2) is 17.1 Å². The molecule has 0 radical (unpaired) electrons. The molecule has 0 spiro atoms. The monoisotopic (exact) mass is 348 g/mol. The van der Waals surface area contributed by atoms with E-state index >= 15 is 0 Å². The molecule has 0 bridgehead atoms. The van der Waals surface area contributed by atoms with E-state index in [2.05, 4.69) is 41.4 Å². The number of pyridine rings is 1. The third-order valence-electron chi connectivity index (χ3n) is 2.44. The van der Waals surface area contributed by atoms with Crippen molar-refractivity contribution in [2.45, 2.75) is 39.7 Å². The Morgan fingerprint density at radius 1 is 1.47 bits per heavy atom. The summed E-state index contributed by atoms with van der Waals surface area (Å²) in [6.07, 6.45) is 0.948. The smallest absolute Gasteiger partial charge is 0.140 e. The zero-order valence-corrected chi connectivity index (χ0v) is 13.1. The highest BCUT2D eigenvalue weighted by atomic mass is 127. The van der Waals surface area contributed by atoms with Crippen LogP contribution in [0.25, 0.3) is 0 Å². The molecular formula is C13H21IN2O. The fourth-order valence-electron chi connectivity index (χ4n) is 1.90. The average molecular weight is 348 g/mol. The van der Waals surface area contributed by atoms with Crippen molar-refractivity contribution >= 4 is 22.6 Å². The van der Waals surface area contributed by atoms with Gasteiger partial charge in [0, 0.05) is 5.54 Å². The van der Waals surface area contributed by atoms with Crippen molar-refractivity contribution < 1.29 is 4.74 Å². The zero-order valence-electron chi connectivity index (χ0n) is 11.0. The van der Waals surface area contributed by atoms with E-state index < -0.39 is 0 Å². The number of halogens is 1. The molecule has 0 unspecified atom stereocenters. The van der Waals surface area contributed by atoms with Gasteiger partial charge in [0.2, 0.25) is 0 Å². The SMILES string of the molecule is Cc1nc(I)ccc1OC[C@@](C)(N)CC(C)C. The van der Waals surface area contributed by atoms with Gasteiger partial charge in [0.25, 0.3) is 0 Å². The number of hydrogen-bond donors (Lipinski definition) is 1. The van der Waals surface area contributed by atoms with Crippen LogP contribution in [0.5, 0.6) is 5.75 Å². The first-order valence-corrected chi connectivity index (χ1v) is 6.93. The number of aryl methyl sites for hydroxylation is 1. The topological polar surface area (TPSA) is 48.1 Å². The summed E-state index contributed by atoms with van der Waals surface area (Å²) in [5.41, 5.74) is 6.82. The minimum atomic E-state index is -0.288. The second-order valence-corrected chi connectivity index (χ2v) is 6.36. The summed E-state index contributed by atoms with van der Waals surface area (Å²) in [5.74, 6) is 1.40. The number of rotatable bonds is 5. The van der Waals surface area contributed by atoms with Crippen molar-refractivity contribution in [1.29, 1.82) is 0 Å². The standard InChI is InChI=1S/C13H21IN2O/c1-9(2)7-13(4,15)8-17-11-5-6-12(14)16-10(11)3/h5-6,9H,7-8,15H2,1-4H3/t13-/m0/s1. The van der Waals surface area contributed by atoms with Gasteiger partial charge in [-0.3, -0.25) is 0 Å². The lowest BCUT2D eigenvalue weighted by Gasteiger charge is -2.26.